The first-order valence-electron chi connectivity index (χ1n) is 10.5. The molecular weight excluding hydrogens is 426 g/mol. The van der Waals surface area contributed by atoms with Crippen molar-refractivity contribution in [3.8, 4) is 5.75 Å². The molecule has 0 saturated heterocycles. The van der Waals surface area contributed by atoms with E-state index in [0.717, 1.165) is 17.0 Å². The molecule has 2 aromatic heterocycles. The van der Waals surface area contributed by atoms with Gasteiger partial charge in [0, 0.05) is 20.1 Å². The van der Waals surface area contributed by atoms with Crippen molar-refractivity contribution in [1.29, 1.82) is 0 Å². The van der Waals surface area contributed by atoms with Gasteiger partial charge in [-0.3, -0.25) is 9.59 Å². The smallest absolute Gasteiger partial charge is 0.290 e. The molecule has 0 bridgehead atoms. The third kappa shape index (κ3) is 4.98. The largest absolute Gasteiger partial charge is 0.497 e. The first-order chi connectivity index (χ1) is 16.1. The maximum atomic E-state index is 13.4. The molecule has 9 heteroatoms. The van der Waals surface area contributed by atoms with Crippen molar-refractivity contribution in [2.24, 2.45) is 5.10 Å². The Bertz CT molecular complexity index is 1090. The van der Waals surface area contributed by atoms with Crippen LogP contribution in [0.4, 0.5) is 0 Å². The number of hydrogen-bond donors (Lipinski definition) is 0. The maximum absolute atomic E-state index is 13.4. The van der Waals surface area contributed by atoms with E-state index in [1.165, 1.54) is 23.3 Å². The molecule has 1 aliphatic rings. The highest BCUT2D eigenvalue weighted by Crippen LogP contribution is 2.33. The molecule has 1 aromatic carbocycles. The zero-order chi connectivity index (χ0) is 23.2. The van der Waals surface area contributed by atoms with Gasteiger partial charge in [0.1, 0.15) is 24.1 Å². The van der Waals surface area contributed by atoms with Gasteiger partial charge >= 0.3 is 0 Å². The van der Waals surface area contributed by atoms with Gasteiger partial charge in [-0.05, 0) is 54.1 Å². The van der Waals surface area contributed by atoms with Gasteiger partial charge < -0.3 is 23.2 Å². The molecule has 0 fully saturated rings. The summed E-state index contributed by atoms with van der Waals surface area (Å²) >= 11 is 0. The quantitative estimate of drug-likeness (QED) is 0.495. The standard InChI is InChI=1S/C24H25N3O6/c1-30-14-11-26(24(29)22-6-4-13-33-22)16-23(28)27-20(21-5-3-12-32-21)15-19(25-27)17-7-9-18(31-2)10-8-17/h3-10,12-13,20H,11,14-16H2,1-2H3/t20-/m0/s1. The van der Waals surface area contributed by atoms with E-state index in [1.807, 2.05) is 30.3 Å². The zero-order valence-electron chi connectivity index (χ0n) is 18.5. The molecule has 0 N–H and O–H groups in total. The normalized spacial score (nSPS) is 15.4. The Morgan fingerprint density at radius 1 is 1.09 bits per heavy atom. The van der Waals surface area contributed by atoms with Crippen molar-refractivity contribution in [1.82, 2.24) is 9.91 Å². The third-order valence-electron chi connectivity index (χ3n) is 5.37. The average molecular weight is 451 g/mol. The predicted octanol–water partition coefficient (Wildman–Crippen LogP) is 3.35. The average Bonchev–Trinajstić information content (AvgIpc) is 3.62. The molecule has 3 aromatic rings. The number of nitrogens with zero attached hydrogens (tertiary/aromatic N) is 3. The Balaban J connectivity index is 1.58. The summed E-state index contributed by atoms with van der Waals surface area (Å²) in [6, 6.07) is 13.9. The molecule has 0 radical (unpaired) electrons. The second-order valence-corrected chi connectivity index (χ2v) is 7.45. The van der Waals surface area contributed by atoms with Gasteiger partial charge in [0.25, 0.3) is 11.8 Å². The summed E-state index contributed by atoms with van der Waals surface area (Å²) in [5.41, 5.74) is 1.62. The molecule has 172 valence electrons. The number of benzene rings is 1. The Labute approximate surface area is 191 Å². The van der Waals surface area contributed by atoms with Gasteiger partial charge in [-0.15, -0.1) is 0 Å². The molecule has 0 aliphatic carbocycles. The molecule has 4 rings (SSSR count). The Morgan fingerprint density at radius 3 is 2.48 bits per heavy atom. The van der Waals surface area contributed by atoms with Crippen LogP contribution in [-0.2, 0) is 9.53 Å². The molecule has 33 heavy (non-hydrogen) atoms. The molecule has 9 nitrogen and oxygen atoms in total. The van der Waals surface area contributed by atoms with Crippen LogP contribution in [0.15, 0.2) is 75.0 Å². The SMILES string of the molecule is COCCN(CC(=O)N1N=C(c2ccc(OC)cc2)C[C@H]1c1ccco1)C(=O)c1ccco1. The lowest BCUT2D eigenvalue weighted by atomic mass is 10.0. The predicted molar refractivity (Wildman–Crippen MR) is 119 cm³/mol. The minimum Gasteiger partial charge on any atom is -0.497 e. The summed E-state index contributed by atoms with van der Waals surface area (Å²) < 4.78 is 21.2. The second kappa shape index (κ2) is 10.2. The van der Waals surface area contributed by atoms with Gasteiger partial charge in [-0.25, -0.2) is 5.01 Å². The van der Waals surface area contributed by atoms with Crippen LogP contribution in [0, 0.1) is 0 Å². The van der Waals surface area contributed by atoms with E-state index in [1.54, 1.807) is 31.6 Å². The van der Waals surface area contributed by atoms with Gasteiger partial charge in [-0.1, -0.05) is 0 Å². The Morgan fingerprint density at radius 2 is 1.85 bits per heavy atom. The highest BCUT2D eigenvalue weighted by atomic mass is 16.5. The molecule has 0 unspecified atom stereocenters. The highest BCUT2D eigenvalue weighted by Gasteiger charge is 2.36. The summed E-state index contributed by atoms with van der Waals surface area (Å²) in [6.45, 7) is 0.331. The fourth-order valence-corrected chi connectivity index (χ4v) is 3.65. The summed E-state index contributed by atoms with van der Waals surface area (Å²) in [7, 11) is 3.14. The maximum Gasteiger partial charge on any atom is 0.290 e. The van der Waals surface area contributed by atoms with E-state index in [2.05, 4.69) is 5.10 Å². The third-order valence-corrected chi connectivity index (χ3v) is 5.37. The van der Waals surface area contributed by atoms with Gasteiger partial charge in [0.05, 0.1) is 32.0 Å². The van der Waals surface area contributed by atoms with Crippen molar-refractivity contribution in [3.05, 3.63) is 78.1 Å². The van der Waals surface area contributed by atoms with Crippen LogP contribution in [-0.4, -0.2) is 61.4 Å². The van der Waals surface area contributed by atoms with Crippen LogP contribution in [0.1, 0.15) is 34.3 Å². The number of hydrazone groups is 1. The highest BCUT2D eigenvalue weighted by molar-refractivity contribution is 6.03. The monoisotopic (exact) mass is 451 g/mol. The van der Waals surface area contributed by atoms with Gasteiger partial charge in [0.15, 0.2) is 5.76 Å². The summed E-state index contributed by atoms with van der Waals surface area (Å²) in [5.74, 6) is 0.786. The molecule has 1 aliphatic heterocycles. The summed E-state index contributed by atoms with van der Waals surface area (Å²) in [4.78, 5) is 27.6. The first-order valence-corrected chi connectivity index (χ1v) is 10.5. The number of furan rings is 2. The van der Waals surface area contributed by atoms with Crippen LogP contribution in [0.5, 0.6) is 5.75 Å². The van der Waals surface area contributed by atoms with Crippen LogP contribution in [0.25, 0.3) is 0 Å². The summed E-state index contributed by atoms with van der Waals surface area (Å²) in [6.07, 6.45) is 3.47. The molecule has 3 heterocycles. The molecular formula is C24H25N3O6. The molecule has 0 saturated carbocycles. The number of methoxy groups -OCH3 is 2. The number of carbonyl (C=O) groups is 2. The molecule has 2 amide bonds. The van der Waals surface area contributed by atoms with E-state index in [9.17, 15) is 9.59 Å². The second-order valence-electron chi connectivity index (χ2n) is 7.45. The van der Waals surface area contributed by atoms with Gasteiger partial charge in [0.2, 0.25) is 0 Å². The van der Waals surface area contributed by atoms with Crippen LogP contribution in [0.3, 0.4) is 0 Å². The van der Waals surface area contributed by atoms with Crippen molar-refractivity contribution in [2.75, 3.05) is 33.9 Å². The van der Waals surface area contributed by atoms with Crippen molar-refractivity contribution >= 4 is 17.5 Å². The fourth-order valence-electron chi connectivity index (χ4n) is 3.65. The molecule has 0 spiro atoms. The van der Waals surface area contributed by atoms with E-state index in [-0.39, 0.29) is 31.4 Å². The number of ether oxygens (including phenoxy) is 2. The van der Waals surface area contributed by atoms with E-state index in [0.29, 0.717) is 12.2 Å². The lowest BCUT2D eigenvalue weighted by molar-refractivity contribution is -0.134. The minimum absolute atomic E-state index is 0.158. The van der Waals surface area contributed by atoms with E-state index in [4.69, 9.17) is 18.3 Å². The number of amides is 2. The lowest BCUT2D eigenvalue weighted by Gasteiger charge is -2.25. The summed E-state index contributed by atoms with van der Waals surface area (Å²) in [5, 5.41) is 6.01. The van der Waals surface area contributed by atoms with Crippen molar-refractivity contribution < 1.29 is 27.9 Å². The van der Waals surface area contributed by atoms with Crippen LogP contribution >= 0.6 is 0 Å². The Kier molecular flexibility index (Phi) is 6.89. The van der Waals surface area contributed by atoms with E-state index < -0.39 is 11.9 Å². The van der Waals surface area contributed by atoms with Crippen LogP contribution in [0.2, 0.25) is 0 Å². The Hall–Kier alpha value is -3.85. The number of hydrogen-bond acceptors (Lipinski definition) is 7. The minimum atomic E-state index is -0.410. The first kappa shape index (κ1) is 22.3. The van der Waals surface area contributed by atoms with Crippen molar-refractivity contribution in [2.45, 2.75) is 12.5 Å². The number of rotatable bonds is 9. The zero-order valence-corrected chi connectivity index (χ0v) is 18.5. The number of carbonyl (C=O) groups excluding carboxylic acids is 2. The lowest BCUT2D eigenvalue weighted by Crippen LogP contribution is -2.42. The van der Waals surface area contributed by atoms with Crippen molar-refractivity contribution in [3.63, 3.8) is 0 Å². The van der Waals surface area contributed by atoms with Crippen LogP contribution < -0.4 is 4.74 Å². The molecule has 1 atom stereocenters. The fraction of sp³-hybridized carbons (Fsp3) is 0.292. The van der Waals surface area contributed by atoms with E-state index >= 15 is 0 Å². The van der Waals surface area contributed by atoms with Gasteiger partial charge in [-0.2, -0.15) is 5.10 Å². The topological polar surface area (TPSA) is 97.7 Å².